The summed E-state index contributed by atoms with van der Waals surface area (Å²) in [4.78, 5) is 12.2. The van der Waals surface area contributed by atoms with Crippen LogP contribution in [0, 0.1) is 0 Å². The monoisotopic (exact) mass is 354 g/mol. The summed E-state index contributed by atoms with van der Waals surface area (Å²) in [6, 6.07) is 20.4. The Kier molecular flexibility index (Phi) is 4.72. The van der Waals surface area contributed by atoms with E-state index in [1.54, 1.807) is 24.3 Å². The van der Waals surface area contributed by atoms with Crippen LogP contribution in [0.4, 0.5) is 5.69 Å². The number of benzene rings is 3. The molecule has 3 aromatic rings. The Morgan fingerprint density at radius 1 is 0.920 bits per heavy atom. The van der Waals surface area contributed by atoms with E-state index in [9.17, 15) is 13.2 Å². The summed E-state index contributed by atoms with van der Waals surface area (Å²) in [6.45, 7) is 0.424. The highest BCUT2D eigenvalue weighted by Crippen LogP contribution is 2.16. The number of fused-ring (bicyclic) bond motifs is 1. The van der Waals surface area contributed by atoms with E-state index in [1.165, 1.54) is 0 Å². The van der Waals surface area contributed by atoms with E-state index in [1.807, 2.05) is 36.4 Å². The Balaban J connectivity index is 1.65. The zero-order valence-corrected chi connectivity index (χ0v) is 14.5. The fourth-order valence-corrected chi connectivity index (χ4v) is 3.10. The fraction of sp³-hybridized carbons (Fsp3) is 0.105. The number of carbonyl (C=O) groups excluding carboxylic acids is 1. The maximum absolute atomic E-state index is 12.2. The second kappa shape index (κ2) is 6.94. The summed E-state index contributed by atoms with van der Waals surface area (Å²) >= 11 is 0. The molecule has 0 spiro atoms. The quantitative estimate of drug-likeness (QED) is 0.739. The first-order valence-corrected chi connectivity index (χ1v) is 9.64. The highest BCUT2D eigenvalue weighted by atomic mass is 32.2. The van der Waals surface area contributed by atoms with Crippen LogP contribution in [0.1, 0.15) is 15.9 Å². The number of sulfonamides is 1. The minimum Gasteiger partial charge on any atom is -0.348 e. The summed E-state index contributed by atoms with van der Waals surface area (Å²) in [5, 5.41) is 5.16. The Bertz CT molecular complexity index is 1010. The van der Waals surface area contributed by atoms with Gasteiger partial charge in [0.1, 0.15) is 0 Å². The fourth-order valence-electron chi connectivity index (χ4n) is 2.54. The standard InChI is InChI=1S/C19H18N2O3S/c1-25(23,24)21-18-10-8-16(9-11-18)19(22)20-13-14-6-7-15-4-2-3-5-17(15)12-14/h2-12,21H,13H2,1H3,(H,20,22). The molecule has 0 bridgehead atoms. The minimum absolute atomic E-state index is 0.209. The lowest BCUT2D eigenvalue weighted by molar-refractivity contribution is 0.0951. The van der Waals surface area contributed by atoms with E-state index in [2.05, 4.69) is 16.1 Å². The van der Waals surface area contributed by atoms with Crippen molar-refractivity contribution in [1.29, 1.82) is 0 Å². The zero-order valence-electron chi connectivity index (χ0n) is 13.7. The number of amides is 1. The van der Waals surface area contributed by atoms with Crippen LogP contribution in [-0.4, -0.2) is 20.6 Å². The average Bonchev–Trinajstić information content (AvgIpc) is 2.59. The van der Waals surface area contributed by atoms with E-state index in [-0.39, 0.29) is 5.91 Å². The van der Waals surface area contributed by atoms with Crippen LogP contribution in [0.15, 0.2) is 66.7 Å². The summed E-state index contributed by atoms with van der Waals surface area (Å²) in [5.74, 6) is -0.209. The molecule has 128 valence electrons. The molecule has 0 aliphatic heterocycles. The number of anilines is 1. The number of carbonyl (C=O) groups is 1. The molecule has 3 rings (SSSR count). The van der Waals surface area contributed by atoms with E-state index in [0.717, 1.165) is 22.6 Å². The largest absolute Gasteiger partial charge is 0.348 e. The smallest absolute Gasteiger partial charge is 0.251 e. The van der Waals surface area contributed by atoms with Crippen molar-refractivity contribution < 1.29 is 13.2 Å². The van der Waals surface area contributed by atoms with E-state index in [4.69, 9.17) is 0 Å². The van der Waals surface area contributed by atoms with Crippen LogP contribution in [0.2, 0.25) is 0 Å². The molecule has 0 atom stereocenters. The molecule has 1 amide bonds. The topological polar surface area (TPSA) is 75.3 Å². The third-order valence-electron chi connectivity index (χ3n) is 3.72. The van der Waals surface area contributed by atoms with Crippen molar-refractivity contribution in [3.8, 4) is 0 Å². The van der Waals surface area contributed by atoms with Gasteiger partial charge in [0.15, 0.2) is 0 Å². The number of nitrogens with one attached hydrogen (secondary N) is 2. The van der Waals surface area contributed by atoms with Gasteiger partial charge in [-0.15, -0.1) is 0 Å². The zero-order chi connectivity index (χ0) is 17.9. The molecule has 0 saturated carbocycles. The van der Waals surface area contributed by atoms with Crippen LogP contribution in [0.5, 0.6) is 0 Å². The number of rotatable bonds is 5. The van der Waals surface area contributed by atoms with Gasteiger partial charge < -0.3 is 5.32 Å². The summed E-state index contributed by atoms with van der Waals surface area (Å²) < 4.78 is 24.7. The highest BCUT2D eigenvalue weighted by molar-refractivity contribution is 7.92. The molecule has 0 unspecified atom stereocenters. The molecule has 3 aromatic carbocycles. The van der Waals surface area contributed by atoms with Gasteiger partial charge in [-0.2, -0.15) is 0 Å². The molecule has 25 heavy (non-hydrogen) atoms. The predicted octanol–water partition coefficient (Wildman–Crippen LogP) is 3.14. The van der Waals surface area contributed by atoms with Gasteiger partial charge in [-0.25, -0.2) is 8.42 Å². The van der Waals surface area contributed by atoms with Crippen molar-refractivity contribution in [2.24, 2.45) is 0 Å². The summed E-state index contributed by atoms with van der Waals surface area (Å²) in [6.07, 6.45) is 1.08. The van der Waals surface area contributed by atoms with Gasteiger partial charge in [-0.3, -0.25) is 9.52 Å². The lowest BCUT2D eigenvalue weighted by Gasteiger charge is -2.08. The summed E-state index contributed by atoms with van der Waals surface area (Å²) in [7, 11) is -3.33. The van der Waals surface area contributed by atoms with Crippen LogP contribution < -0.4 is 10.0 Å². The van der Waals surface area contributed by atoms with Crippen molar-refractivity contribution in [1.82, 2.24) is 5.32 Å². The Hall–Kier alpha value is -2.86. The van der Waals surface area contributed by atoms with E-state index in [0.29, 0.717) is 17.8 Å². The van der Waals surface area contributed by atoms with Crippen molar-refractivity contribution >= 4 is 32.4 Å². The molecule has 0 radical (unpaired) electrons. The van der Waals surface area contributed by atoms with Gasteiger partial charge in [0.2, 0.25) is 10.0 Å². The molecule has 5 nitrogen and oxygen atoms in total. The predicted molar refractivity (Wildman–Crippen MR) is 100 cm³/mol. The van der Waals surface area contributed by atoms with Crippen molar-refractivity contribution in [3.63, 3.8) is 0 Å². The van der Waals surface area contributed by atoms with Crippen LogP contribution in [0.25, 0.3) is 10.8 Å². The SMILES string of the molecule is CS(=O)(=O)Nc1ccc(C(=O)NCc2ccc3ccccc3c2)cc1. The second-order valence-electron chi connectivity index (χ2n) is 5.82. The van der Waals surface area contributed by atoms with Gasteiger partial charge in [-0.1, -0.05) is 36.4 Å². The average molecular weight is 354 g/mol. The van der Waals surface area contributed by atoms with Crippen LogP contribution in [-0.2, 0) is 16.6 Å². The van der Waals surface area contributed by atoms with Gasteiger partial charge in [-0.05, 0) is 46.7 Å². The number of hydrogen-bond donors (Lipinski definition) is 2. The molecule has 0 fully saturated rings. The lowest BCUT2D eigenvalue weighted by Crippen LogP contribution is -2.22. The van der Waals surface area contributed by atoms with Crippen LogP contribution in [0.3, 0.4) is 0 Å². The maximum Gasteiger partial charge on any atom is 0.251 e. The van der Waals surface area contributed by atoms with Gasteiger partial charge >= 0.3 is 0 Å². The first-order chi connectivity index (χ1) is 11.9. The number of hydrogen-bond acceptors (Lipinski definition) is 3. The molecule has 0 aliphatic rings. The van der Waals surface area contributed by atoms with Gasteiger partial charge in [0.25, 0.3) is 5.91 Å². The van der Waals surface area contributed by atoms with Crippen molar-refractivity contribution in [2.75, 3.05) is 11.0 Å². The summed E-state index contributed by atoms with van der Waals surface area (Å²) in [5.41, 5.74) is 1.91. The molecule has 2 N–H and O–H groups in total. The van der Waals surface area contributed by atoms with Gasteiger partial charge in [0, 0.05) is 17.8 Å². The lowest BCUT2D eigenvalue weighted by atomic mass is 10.1. The molecular weight excluding hydrogens is 336 g/mol. The molecule has 6 heteroatoms. The van der Waals surface area contributed by atoms with Crippen molar-refractivity contribution in [3.05, 3.63) is 77.9 Å². The van der Waals surface area contributed by atoms with E-state index < -0.39 is 10.0 Å². The van der Waals surface area contributed by atoms with Gasteiger partial charge in [0.05, 0.1) is 6.26 Å². The van der Waals surface area contributed by atoms with Crippen molar-refractivity contribution in [2.45, 2.75) is 6.54 Å². The van der Waals surface area contributed by atoms with Crippen LogP contribution >= 0.6 is 0 Å². The minimum atomic E-state index is -3.33. The Morgan fingerprint density at radius 2 is 1.60 bits per heavy atom. The first kappa shape index (κ1) is 17.0. The molecule has 0 aromatic heterocycles. The van der Waals surface area contributed by atoms with E-state index >= 15 is 0 Å². The molecule has 0 aliphatic carbocycles. The molecular formula is C19H18N2O3S. The first-order valence-electron chi connectivity index (χ1n) is 7.74. The third kappa shape index (κ3) is 4.58. The highest BCUT2D eigenvalue weighted by Gasteiger charge is 2.07. The Labute approximate surface area is 146 Å². The molecule has 0 heterocycles. The third-order valence-corrected chi connectivity index (χ3v) is 4.32. The second-order valence-corrected chi connectivity index (χ2v) is 7.56. The molecule has 0 saturated heterocycles. The Morgan fingerprint density at radius 3 is 2.28 bits per heavy atom. The normalized spacial score (nSPS) is 11.2. The maximum atomic E-state index is 12.2.